The zero-order chi connectivity index (χ0) is 20.9. The van der Waals surface area contributed by atoms with Crippen LogP contribution in [0.15, 0.2) is 78.6 Å². The molecule has 0 saturated carbocycles. The zero-order valence-electron chi connectivity index (χ0n) is 17.5. The molecule has 6 heteroatoms. The van der Waals surface area contributed by atoms with E-state index in [-0.39, 0.29) is 0 Å². The summed E-state index contributed by atoms with van der Waals surface area (Å²) in [5.74, 6) is 0. The molecular formula is C25H27N5S. The van der Waals surface area contributed by atoms with Gasteiger partial charge in [-0.25, -0.2) is 4.68 Å². The molecule has 31 heavy (non-hydrogen) atoms. The van der Waals surface area contributed by atoms with Gasteiger partial charge in [0.1, 0.15) is 0 Å². The summed E-state index contributed by atoms with van der Waals surface area (Å²) in [6, 6.07) is 19.2. The lowest BCUT2D eigenvalue weighted by atomic mass is 10.1. The van der Waals surface area contributed by atoms with Crippen LogP contribution in [-0.2, 0) is 6.54 Å². The second kappa shape index (κ2) is 9.56. The number of para-hydroxylation sites is 1. The standard InChI is InChI=1S/C25H27N5S/c1-2-9-22(10-3-1)30-19-21(25(28-30)20-8-6-12-26-16-20)17-27-18-23(24-11-7-15-31-24)29-13-4-5-14-29/h1-3,6-12,15-16,19,23,27H,4-5,13-14,17-18H2. The molecule has 0 spiro atoms. The van der Waals surface area contributed by atoms with E-state index in [9.17, 15) is 0 Å². The van der Waals surface area contributed by atoms with Crippen molar-refractivity contribution in [1.29, 1.82) is 0 Å². The number of nitrogens with one attached hydrogen (secondary N) is 1. The van der Waals surface area contributed by atoms with Crippen LogP contribution in [0.3, 0.4) is 0 Å². The molecule has 158 valence electrons. The van der Waals surface area contributed by atoms with Gasteiger partial charge in [0.05, 0.1) is 17.4 Å². The van der Waals surface area contributed by atoms with E-state index < -0.39 is 0 Å². The SMILES string of the molecule is c1ccc(-n2cc(CNCC(c3cccs3)N3CCCC3)c(-c3cccnc3)n2)cc1. The molecule has 1 saturated heterocycles. The number of likely N-dealkylation sites (tertiary alicyclic amines) is 1. The van der Waals surface area contributed by atoms with Crippen LogP contribution in [0.25, 0.3) is 16.9 Å². The molecule has 0 radical (unpaired) electrons. The number of pyridine rings is 1. The summed E-state index contributed by atoms with van der Waals surface area (Å²) >= 11 is 1.86. The van der Waals surface area contributed by atoms with Crippen LogP contribution in [0, 0.1) is 0 Å². The largest absolute Gasteiger partial charge is 0.311 e. The van der Waals surface area contributed by atoms with Gasteiger partial charge in [-0.05, 0) is 61.6 Å². The highest BCUT2D eigenvalue weighted by molar-refractivity contribution is 7.10. The maximum atomic E-state index is 4.90. The van der Waals surface area contributed by atoms with E-state index in [4.69, 9.17) is 5.10 Å². The smallest absolute Gasteiger partial charge is 0.0988 e. The molecular weight excluding hydrogens is 402 g/mol. The summed E-state index contributed by atoms with van der Waals surface area (Å²) in [7, 11) is 0. The molecule has 1 aliphatic heterocycles. The Morgan fingerprint density at radius 2 is 1.87 bits per heavy atom. The summed E-state index contributed by atoms with van der Waals surface area (Å²) in [5.41, 5.74) is 4.28. The van der Waals surface area contributed by atoms with Gasteiger partial charge in [-0.15, -0.1) is 11.3 Å². The molecule has 1 aliphatic rings. The van der Waals surface area contributed by atoms with Crippen LogP contribution in [0.5, 0.6) is 0 Å². The van der Waals surface area contributed by atoms with Crippen LogP contribution < -0.4 is 5.32 Å². The van der Waals surface area contributed by atoms with Crippen molar-refractivity contribution in [3.63, 3.8) is 0 Å². The van der Waals surface area contributed by atoms with Crippen molar-refractivity contribution in [2.24, 2.45) is 0 Å². The highest BCUT2D eigenvalue weighted by atomic mass is 32.1. The highest BCUT2D eigenvalue weighted by Gasteiger charge is 2.24. The van der Waals surface area contributed by atoms with Crippen molar-refractivity contribution in [2.75, 3.05) is 19.6 Å². The minimum absolute atomic E-state index is 0.438. The van der Waals surface area contributed by atoms with Gasteiger partial charge in [-0.3, -0.25) is 9.88 Å². The van der Waals surface area contributed by atoms with Crippen molar-refractivity contribution >= 4 is 11.3 Å². The van der Waals surface area contributed by atoms with E-state index in [2.05, 4.69) is 57.1 Å². The first-order valence-corrected chi connectivity index (χ1v) is 11.8. The number of hydrogen-bond donors (Lipinski definition) is 1. The normalized spacial score (nSPS) is 15.4. The van der Waals surface area contributed by atoms with E-state index in [1.54, 1.807) is 6.20 Å². The van der Waals surface area contributed by atoms with Crippen molar-refractivity contribution in [3.05, 3.63) is 89.0 Å². The fraction of sp³-hybridized carbons (Fsp3) is 0.280. The molecule has 3 aromatic heterocycles. The summed E-state index contributed by atoms with van der Waals surface area (Å²) in [4.78, 5) is 8.37. The Balaban J connectivity index is 1.37. The van der Waals surface area contributed by atoms with Crippen molar-refractivity contribution < 1.29 is 0 Å². The lowest BCUT2D eigenvalue weighted by molar-refractivity contribution is 0.242. The van der Waals surface area contributed by atoms with Gasteiger partial charge in [-0.2, -0.15) is 5.10 Å². The summed E-state index contributed by atoms with van der Waals surface area (Å²) in [6.45, 7) is 4.09. The molecule has 1 N–H and O–H groups in total. The predicted molar refractivity (Wildman–Crippen MR) is 126 cm³/mol. The maximum Gasteiger partial charge on any atom is 0.0988 e. The van der Waals surface area contributed by atoms with Gasteiger partial charge in [0.2, 0.25) is 0 Å². The van der Waals surface area contributed by atoms with Crippen LogP contribution >= 0.6 is 11.3 Å². The molecule has 1 atom stereocenters. The van der Waals surface area contributed by atoms with Crippen LogP contribution in [0.4, 0.5) is 0 Å². The fourth-order valence-corrected chi connectivity index (χ4v) is 5.15. The summed E-state index contributed by atoms with van der Waals surface area (Å²) in [6.07, 6.45) is 8.44. The van der Waals surface area contributed by atoms with Crippen LogP contribution in [-0.4, -0.2) is 39.3 Å². The number of benzene rings is 1. The van der Waals surface area contributed by atoms with Gasteiger partial charge in [0.15, 0.2) is 0 Å². The first-order valence-electron chi connectivity index (χ1n) is 10.9. The number of hydrogen-bond acceptors (Lipinski definition) is 5. The monoisotopic (exact) mass is 429 g/mol. The van der Waals surface area contributed by atoms with Gasteiger partial charge in [0, 0.05) is 47.7 Å². The fourth-order valence-electron chi connectivity index (χ4n) is 4.29. The molecule has 0 bridgehead atoms. The second-order valence-corrected chi connectivity index (χ2v) is 8.91. The van der Waals surface area contributed by atoms with Gasteiger partial charge < -0.3 is 5.32 Å². The van der Waals surface area contributed by atoms with Crippen molar-refractivity contribution in [2.45, 2.75) is 25.4 Å². The molecule has 1 fully saturated rings. The Kier molecular flexibility index (Phi) is 6.20. The zero-order valence-corrected chi connectivity index (χ0v) is 18.3. The third-order valence-corrected chi connectivity index (χ3v) is 6.83. The Morgan fingerprint density at radius 1 is 1.00 bits per heavy atom. The number of aromatic nitrogens is 3. The molecule has 0 amide bonds. The molecule has 0 aliphatic carbocycles. The van der Waals surface area contributed by atoms with E-state index in [1.807, 2.05) is 46.5 Å². The second-order valence-electron chi connectivity index (χ2n) is 7.93. The minimum atomic E-state index is 0.438. The highest BCUT2D eigenvalue weighted by Crippen LogP contribution is 2.28. The minimum Gasteiger partial charge on any atom is -0.311 e. The molecule has 5 rings (SSSR count). The Hall–Kier alpha value is -2.80. The quantitative estimate of drug-likeness (QED) is 0.432. The summed E-state index contributed by atoms with van der Waals surface area (Å²) in [5, 5.41) is 10.8. The van der Waals surface area contributed by atoms with Crippen molar-refractivity contribution in [1.82, 2.24) is 25.0 Å². The molecule has 1 aromatic carbocycles. The molecule has 4 heterocycles. The topological polar surface area (TPSA) is 46.0 Å². The summed E-state index contributed by atoms with van der Waals surface area (Å²) < 4.78 is 1.97. The van der Waals surface area contributed by atoms with Crippen LogP contribution in [0.2, 0.25) is 0 Å². The Morgan fingerprint density at radius 3 is 2.61 bits per heavy atom. The van der Waals surface area contributed by atoms with Gasteiger partial charge >= 0.3 is 0 Å². The van der Waals surface area contributed by atoms with Crippen LogP contribution in [0.1, 0.15) is 29.3 Å². The third kappa shape index (κ3) is 4.61. The third-order valence-electron chi connectivity index (χ3n) is 5.85. The first-order chi connectivity index (χ1) is 15.4. The van der Waals surface area contributed by atoms with E-state index in [0.29, 0.717) is 6.04 Å². The van der Waals surface area contributed by atoms with Gasteiger partial charge in [0.25, 0.3) is 0 Å². The number of rotatable bonds is 8. The van der Waals surface area contributed by atoms with E-state index in [0.717, 1.165) is 30.0 Å². The average Bonchev–Trinajstić information content (AvgIpc) is 3.60. The predicted octanol–water partition coefficient (Wildman–Crippen LogP) is 4.92. The van der Waals surface area contributed by atoms with E-state index >= 15 is 0 Å². The number of thiophene rings is 1. The Labute approximate surface area is 187 Å². The molecule has 4 aromatic rings. The number of nitrogens with zero attached hydrogens (tertiary/aromatic N) is 4. The van der Waals surface area contributed by atoms with Crippen molar-refractivity contribution in [3.8, 4) is 16.9 Å². The average molecular weight is 430 g/mol. The maximum absolute atomic E-state index is 4.90. The van der Waals surface area contributed by atoms with E-state index in [1.165, 1.54) is 36.4 Å². The lowest BCUT2D eigenvalue weighted by Gasteiger charge is -2.27. The first kappa shape index (κ1) is 20.1. The molecule has 5 nitrogen and oxygen atoms in total. The van der Waals surface area contributed by atoms with Gasteiger partial charge in [-0.1, -0.05) is 24.3 Å². The Bertz CT molecular complexity index is 1070. The molecule has 1 unspecified atom stereocenters. The lowest BCUT2D eigenvalue weighted by Crippen LogP contribution is -2.33.